The van der Waals surface area contributed by atoms with Gasteiger partial charge in [-0.25, -0.2) is 8.78 Å². The van der Waals surface area contributed by atoms with E-state index in [1.165, 1.54) is 36.7 Å². The number of carbonyl (C=O) groups is 1. The van der Waals surface area contributed by atoms with E-state index in [-0.39, 0.29) is 21.6 Å². The lowest BCUT2D eigenvalue weighted by atomic mass is 10.1. The summed E-state index contributed by atoms with van der Waals surface area (Å²) in [5, 5.41) is 11.8. The van der Waals surface area contributed by atoms with Crippen LogP contribution in [0, 0.1) is 10.1 Å². The van der Waals surface area contributed by atoms with Crippen molar-refractivity contribution >= 4 is 35.1 Å². The third kappa shape index (κ3) is 6.40. The van der Waals surface area contributed by atoms with Gasteiger partial charge in [-0.2, -0.15) is 0 Å². The molecule has 1 heterocycles. The highest BCUT2D eigenvalue weighted by atomic mass is 32.2. The number of alkyl halides is 2. The monoisotopic (exact) mass is 492 g/mol. The molecule has 1 aromatic rings. The van der Waals surface area contributed by atoms with Crippen molar-refractivity contribution in [2.75, 3.05) is 31.8 Å². The number of methoxy groups -OCH3 is 1. The molecule has 1 fully saturated rings. The van der Waals surface area contributed by atoms with Gasteiger partial charge in [0.15, 0.2) is 11.5 Å². The Morgan fingerprint density at radius 1 is 1.28 bits per heavy atom. The first-order valence-electron chi connectivity index (χ1n) is 10.6. The zero-order chi connectivity index (χ0) is 23.9. The molecule has 11 heteroatoms. The summed E-state index contributed by atoms with van der Waals surface area (Å²) >= 11 is 3.01. The lowest BCUT2D eigenvalue weighted by Gasteiger charge is -2.30. The number of unbranched alkanes of at least 4 members (excludes halogenated alkanes) is 1. The van der Waals surface area contributed by atoms with Gasteiger partial charge in [-0.1, -0.05) is 27.2 Å². The normalized spacial score (nSPS) is 17.6. The van der Waals surface area contributed by atoms with E-state index in [9.17, 15) is 23.7 Å². The minimum atomic E-state index is -3.05. The summed E-state index contributed by atoms with van der Waals surface area (Å²) in [7, 11) is 1.36. The van der Waals surface area contributed by atoms with Gasteiger partial charge in [0.05, 0.1) is 41.9 Å². The highest BCUT2D eigenvalue weighted by Crippen LogP contribution is 2.43. The molecule has 0 radical (unpaired) electrons. The predicted molar refractivity (Wildman–Crippen MR) is 124 cm³/mol. The van der Waals surface area contributed by atoms with Gasteiger partial charge in [0.1, 0.15) is 5.56 Å². The van der Waals surface area contributed by atoms with Crippen molar-refractivity contribution in [1.29, 1.82) is 0 Å². The van der Waals surface area contributed by atoms with E-state index in [4.69, 9.17) is 9.47 Å². The molecular formula is C21H30F2N2O5S2. The quantitative estimate of drug-likeness (QED) is 0.166. The number of ether oxygens (including phenoxy) is 2. The molecule has 7 nitrogen and oxygen atoms in total. The van der Waals surface area contributed by atoms with Crippen molar-refractivity contribution in [1.82, 2.24) is 4.90 Å². The number of halogens is 2. The Bertz CT molecular complexity index is 807. The fourth-order valence-corrected chi connectivity index (χ4v) is 6.33. The lowest BCUT2D eigenvalue weighted by molar-refractivity contribution is -0.385. The van der Waals surface area contributed by atoms with Gasteiger partial charge in [0.25, 0.3) is 17.5 Å². The van der Waals surface area contributed by atoms with Crippen LogP contribution < -0.4 is 9.47 Å². The molecule has 1 aromatic carbocycles. The molecule has 2 rings (SSSR count). The van der Waals surface area contributed by atoms with Crippen LogP contribution in [0.1, 0.15) is 50.4 Å². The first-order valence-corrected chi connectivity index (χ1v) is 12.7. The molecule has 1 atom stereocenters. The molecule has 0 unspecified atom stereocenters. The van der Waals surface area contributed by atoms with Crippen LogP contribution in [-0.4, -0.2) is 64.0 Å². The molecule has 1 aliphatic heterocycles. The number of thioether (sulfide) groups is 2. The summed E-state index contributed by atoms with van der Waals surface area (Å²) < 4.78 is 39.5. The van der Waals surface area contributed by atoms with Crippen molar-refractivity contribution in [3.05, 3.63) is 27.8 Å². The van der Waals surface area contributed by atoms with Crippen molar-refractivity contribution < 1.29 is 28.0 Å². The second-order valence-corrected chi connectivity index (χ2v) is 10.5. The molecule has 0 bridgehead atoms. The fraction of sp³-hybridized carbons (Fsp3) is 0.667. The van der Waals surface area contributed by atoms with Gasteiger partial charge in [-0.15, -0.1) is 23.5 Å². The van der Waals surface area contributed by atoms with Crippen LogP contribution in [-0.2, 0) is 0 Å². The van der Waals surface area contributed by atoms with Gasteiger partial charge >= 0.3 is 0 Å². The van der Waals surface area contributed by atoms with Gasteiger partial charge in [0.2, 0.25) is 0 Å². The molecule has 1 saturated heterocycles. The van der Waals surface area contributed by atoms with Crippen LogP contribution in [0.3, 0.4) is 0 Å². The van der Waals surface area contributed by atoms with Crippen LogP contribution in [0.2, 0.25) is 0 Å². The van der Waals surface area contributed by atoms with Crippen LogP contribution in [0.4, 0.5) is 14.5 Å². The predicted octanol–water partition coefficient (Wildman–Crippen LogP) is 5.46. The Kier molecular flexibility index (Phi) is 9.87. The SMILES string of the molecule is CCCCOc1cc([N+](=O)[O-])c(C(=O)N2CC(F)(F)C[C@H]2C(SCC)SCC)cc1OC. The number of nitrogens with zero attached hydrogens (tertiary/aromatic N) is 2. The highest BCUT2D eigenvalue weighted by Gasteiger charge is 2.50. The number of likely N-dealkylation sites (tertiary alicyclic amines) is 1. The maximum Gasteiger partial charge on any atom is 0.286 e. The molecule has 0 N–H and O–H groups in total. The van der Waals surface area contributed by atoms with E-state index in [1.54, 1.807) is 0 Å². The average molecular weight is 493 g/mol. The fourth-order valence-electron chi connectivity index (χ4n) is 3.54. The van der Waals surface area contributed by atoms with Crippen molar-refractivity contribution in [2.24, 2.45) is 0 Å². The van der Waals surface area contributed by atoms with E-state index in [0.29, 0.717) is 18.1 Å². The number of hydrogen-bond acceptors (Lipinski definition) is 7. The molecule has 1 aliphatic rings. The van der Waals surface area contributed by atoms with E-state index >= 15 is 0 Å². The number of nitro groups is 1. The average Bonchev–Trinajstić information content (AvgIpc) is 3.08. The molecule has 1 amide bonds. The Morgan fingerprint density at radius 2 is 1.94 bits per heavy atom. The standard InChI is InChI=1S/C21H30F2N2O5S2/c1-5-8-9-30-18-11-15(25(27)28)14(10-17(18)29-4)19(26)24-13-21(22,23)12-16(24)20(31-6-2)32-7-3/h10-11,16,20H,5-9,12-13H2,1-4H3/t16-/m0/s1. The third-order valence-corrected chi connectivity index (χ3v) is 7.78. The molecule has 0 spiro atoms. The Morgan fingerprint density at radius 3 is 2.47 bits per heavy atom. The van der Waals surface area contributed by atoms with Crippen LogP contribution in [0.15, 0.2) is 12.1 Å². The van der Waals surface area contributed by atoms with E-state index < -0.39 is 41.4 Å². The summed E-state index contributed by atoms with van der Waals surface area (Å²) in [5.74, 6) is -2.13. The molecule has 0 aliphatic carbocycles. The summed E-state index contributed by atoms with van der Waals surface area (Å²) in [4.78, 5) is 25.5. The molecule has 0 aromatic heterocycles. The third-order valence-electron chi connectivity index (χ3n) is 5.01. The largest absolute Gasteiger partial charge is 0.493 e. The van der Waals surface area contributed by atoms with E-state index in [1.807, 2.05) is 20.8 Å². The van der Waals surface area contributed by atoms with E-state index in [0.717, 1.165) is 23.8 Å². The minimum Gasteiger partial charge on any atom is -0.493 e. The maximum absolute atomic E-state index is 14.4. The second kappa shape index (κ2) is 11.9. The zero-order valence-corrected chi connectivity index (χ0v) is 20.4. The Balaban J connectivity index is 2.47. The molecule has 32 heavy (non-hydrogen) atoms. The summed E-state index contributed by atoms with van der Waals surface area (Å²) in [6.07, 6.45) is 1.15. The number of nitro benzene ring substituents is 1. The highest BCUT2D eigenvalue weighted by molar-refractivity contribution is 8.17. The van der Waals surface area contributed by atoms with Crippen LogP contribution >= 0.6 is 23.5 Å². The molecule has 0 saturated carbocycles. The number of carbonyl (C=O) groups excluding carboxylic acids is 1. The lowest BCUT2D eigenvalue weighted by Crippen LogP contribution is -2.41. The van der Waals surface area contributed by atoms with Crippen LogP contribution in [0.25, 0.3) is 0 Å². The number of benzene rings is 1. The van der Waals surface area contributed by atoms with Crippen LogP contribution in [0.5, 0.6) is 11.5 Å². The number of hydrogen-bond donors (Lipinski definition) is 0. The van der Waals surface area contributed by atoms with Crippen molar-refractivity contribution in [3.8, 4) is 11.5 Å². The first kappa shape index (κ1) is 26.5. The number of rotatable bonds is 12. The topological polar surface area (TPSA) is 81.9 Å². The summed E-state index contributed by atoms with van der Waals surface area (Å²) in [6.45, 7) is 5.41. The second-order valence-electron chi connectivity index (χ2n) is 7.32. The Hall–Kier alpha value is -1.75. The van der Waals surface area contributed by atoms with Gasteiger partial charge < -0.3 is 14.4 Å². The smallest absolute Gasteiger partial charge is 0.286 e. The van der Waals surface area contributed by atoms with Crippen molar-refractivity contribution in [3.63, 3.8) is 0 Å². The first-order chi connectivity index (χ1) is 15.2. The van der Waals surface area contributed by atoms with Gasteiger partial charge in [0, 0.05) is 12.5 Å². The van der Waals surface area contributed by atoms with Crippen molar-refractivity contribution in [2.45, 2.75) is 56.6 Å². The Labute approximate surface area is 195 Å². The summed E-state index contributed by atoms with van der Waals surface area (Å²) in [6, 6.07) is 1.63. The molecular weight excluding hydrogens is 462 g/mol. The minimum absolute atomic E-state index is 0.147. The zero-order valence-electron chi connectivity index (χ0n) is 18.8. The maximum atomic E-state index is 14.4. The van der Waals surface area contributed by atoms with E-state index in [2.05, 4.69) is 0 Å². The van der Waals surface area contributed by atoms with Gasteiger partial charge in [-0.05, 0) is 17.9 Å². The summed E-state index contributed by atoms with van der Waals surface area (Å²) in [5.41, 5.74) is -0.766. The molecule has 180 valence electrons. The van der Waals surface area contributed by atoms with Gasteiger partial charge in [-0.3, -0.25) is 14.9 Å². The number of amides is 1.